The molecule has 120 valence electrons. The van der Waals surface area contributed by atoms with Gasteiger partial charge in [0.2, 0.25) is 16.8 Å². The summed E-state index contributed by atoms with van der Waals surface area (Å²) in [5.41, 5.74) is 0.716. The Morgan fingerprint density at radius 2 is 2.09 bits per heavy atom. The van der Waals surface area contributed by atoms with E-state index < -0.39 is 0 Å². The van der Waals surface area contributed by atoms with Crippen LogP contribution in [0.1, 0.15) is 19.2 Å². The van der Waals surface area contributed by atoms with Gasteiger partial charge >= 0.3 is 0 Å². The van der Waals surface area contributed by atoms with E-state index in [0.29, 0.717) is 23.0 Å². The Hall–Kier alpha value is -2.00. The summed E-state index contributed by atoms with van der Waals surface area (Å²) in [5, 5.41) is 16.1. The number of aromatic nitrogens is 4. The summed E-state index contributed by atoms with van der Waals surface area (Å²) in [5.74, 6) is 1.16. The minimum absolute atomic E-state index is 0.295. The highest BCUT2D eigenvalue weighted by Crippen LogP contribution is 2.28. The molecule has 0 unspecified atom stereocenters. The first kappa shape index (κ1) is 15.9. The quantitative estimate of drug-likeness (QED) is 0.648. The van der Waals surface area contributed by atoms with Gasteiger partial charge < -0.3 is 9.84 Å². The van der Waals surface area contributed by atoms with E-state index in [1.807, 2.05) is 0 Å². The third-order valence-electron chi connectivity index (χ3n) is 2.82. The number of thioether (sulfide) groups is 1. The predicted octanol–water partition coefficient (Wildman–Crippen LogP) is 3.84. The SMILES string of the molecule is CCCNc1nnc(SCc2nc(-c3ccc(F)cc3)no2)s1. The first-order valence-corrected chi connectivity index (χ1v) is 8.83. The van der Waals surface area contributed by atoms with Gasteiger partial charge in [-0.2, -0.15) is 4.98 Å². The second kappa shape index (κ2) is 7.51. The van der Waals surface area contributed by atoms with Crippen LogP contribution >= 0.6 is 23.1 Å². The molecule has 0 atom stereocenters. The summed E-state index contributed by atoms with van der Waals surface area (Å²) in [6.07, 6.45) is 1.04. The fraction of sp³-hybridized carbons (Fsp3) is 0.286. The van der Waals surface area contributed by atoms with E-state index in [4.69, 9.17) is 4.52 Å². The number of benzene rings is 1. The highest BCUT2D eigenvalue weighted by atomic mass is 32.2. The Kier molecular flexibility index (Phi) is 5.19. The van der Waals surface area contributed by atoms with Crippen LogP contribution < -0.4 is 5.32 Å². The van der Waals surface area contributed by atoms with E-state index in [1.165, 1.54) is 35.2 Å². The summed E-state index contributed by atoms with van der Waals surface area (Å²) in [4.78, 5) is 4.30. The van der Waals surface area contributed by atoms with Crippen molar-refractivity contribution < 1.29 is 8.91 Å². The molecule has 2 heterocycles. The van der Waals surface area contributed by atoms with Crippen LogP contribution in [0.3, 0.4) is 0 Å². The molecule has 0 aliphatic heterocycles. The van der Waals surface area contributed by atoms with Crippen molar-refractivity contribution in [2.75, 3.05) is 11.9 Å². The van der Waals surface area contributed by atoms with Crippen LogP contribution in [0.4, 0.5) is 9.52 Å². The lowest BCUT2D eigenvalue weighted by molar-refractivity contribution is 0.391. The number of halogens is 1. The summed E-state index contributed by atoms with van der Waals surface area (Å²) in [6, 6.07) is 5.97. The molecule has 0 radical (unpaired) electrons. The minimum Gasteiger partial charge on any atom is -0.360 e. The lowest BCUT2D eigenvalue weighted by Crippen LogP contribution is -1.98. The molecule has 3 aromatic rings. The van der Waals surface area contributed by atoms with Crippen LogP contribution in [0.5, 0.6) is 0 Å². The number of hydrogen-bond acceptors (Lipinski definition) is 8. The molecule has 9 heteroatoms. The molecule has 1 N–H and O–H groups in total. The summed E-state index contributed by atoms with van der Waals surface area (Å²) in [6.45, 7) is 2.97. The highest BCUT2D eigenvalue weighted by Gasteiger charge is 2.11. The van der Waals surface area contributed by atoms with E-state index in [1.54, 1.807) is 12.1 Å². The summed E-state index contributed by atoms with van der Waals surface area (Å²) in [7, 11) is 0. The van der Waals surface area contributed by atoms with E-state index >= 15 is 0 Å². The van der Waals surface area contributed by atoms with Gasteiger partial charge in [-0.15, -0.1) is 10.2 Å². The Bertz CT molecular complexity index is 759. The Morgan fingerprint density at radius 1 is 1.26 bits per heavy atom. The first-order valence-electron chi connectivity index (χ1n) is 7.03. The highest BCUT2D eigenvalue weighted by molar-refractivity contribution is 8.00. The molecule has 0 spiro atoms. The minimum atomic E-state index is -0.295. The van der Waals surface area contributed by atoms with Gasteiger partial charge in [0.25, 0.3) is 0 Å². The summed E-state index contributed by atoms with van der Waals surface area (Å²) >= 11 is 2.98. The lowest BCUT2D eigenvalue weighted by Gasteiger charge is -1.95. The Labute approximate surface area is 140 Å². The predicted molar refractivity (Wildman–Crippen MR) is 87.9 cm³/mol. The average molecular weight is 351 g/mol. The smallest absolute Gasteiger partial charge is 0.237 e. The van der Waals surface area contributed by atoms with Crippen molar-refractivity contribution in [2.45, 2.75) is 23.4 Å². The van der Waals surface area contributed by atoms with Crippen molar-refractivity contribution in [1.82, 2.24) is 20.3 Å². The first-order chi connectivity index (χ1) is 11.2. The van der Waals surface area contributed by atoms with Crippen LogP contribution in [-0.2, 0) is 5.75 Å². The zero-order valence-corrected chi connectivity index (χ0v) is 14.0. The molecule has 0 saturated carbocycles. The van der Waals surface area contributed by atoms with Crippen LogP contribution in [0.25, 0.3) is 11.4 Å². The van der Waals surface area contributed by atoms with Gasteiger partial charge in [-0.25, -0.2) is 4.39 Å². The molecule has 3 rings (SSSR count). The number of anilines is 1. The van der Waals surface area contributed by atoms with Crippen LogP contribution in [0.2, 0.25) is 0 Å². The normalized spacial score (nSPS) is 10.9. The topological polar surface area (TPSA) is 76.7 Å². The molecule has 2 aromatic heterocycles. The van der Waals surface area contributed by atoms with Gasteiger partial charge in [-0.05, 0) is 30.7 Å². The number of nitrogens with zero attached hydrogens (tertiary/aromatic N) is 4. The van der Waals surface area contributed by atoms with Crippen molar-refractivity contribution in [1.29, 1.82) is 0 Å². The molecule has 23 heavy (non-hydrogen) atoms. The lowest BCUT2D eigenvalue weighted by atomic mass is 10.2. The Morgan fingerprint density at radius 3 is 2.87 bits per heavy atom. The molecule has 6 nitrogen and oxygen atoms in total. The third-order valence-corrected chi connectivity index (χ3v) is 4.82. The molecule has 1 aromatic carbocycles. The molecular formula is C14H14FN5OS2. The zero-order chi connectivity index (χ0) is 16.1. The average Bonchev–Trinajstić information content (AvgIpc) is 3.21. The van der Waals surface area contributed by atoms with Gasteiger partial charge in [-0.3, -0.25) is 0 Å². The van der Waals surface area contributed by atoms with Gasteiger partial charge in [0.05, 0.1) is 5.75 Å². The van der Waals surface area contributed by atoms with E-state index in [-0.39, 0.29) is 5.82 Å². The fourth-order valence-corrected chi connectivity index (χ4v) is 3.34. The molecule has 0 bridgehead atoms. The molecular weight excluding hydrogens is 337 g/mol. The monoisotopic (exact) mass is 351 g/mol. The van der Waals surface area contributed by atoms with E-state index in [0.717, 1.165) is 22.4 Å². The van der Waals surface area contributed by atoms with Crippen molar-refractivity contribution in [3.05, 3.63) is 36.0 Å². The summed E-state index contributed by atoms with van der Waals surface area (Å²) < 4.78 is 19.0. The van der Waals surface area contributed by atoms with E-state index in [9.17, 15) is 4.39 Å². The van der Waals surface area contributed by atoms with Crippen LogP contribution in [-0.4, -0.2) is 26.9 Å². The third kappa shape index (κ3) is 4.26. The largest absolute Gasteiger partial charge is 0.360 e. The van der Waals surface area contributed by atoms with Crippen molar-refractivity contribution in [2.24, 2.45) is 0 Å². The maximum Gasteiger partial charge on any atom is 0.237 e. The van der Waals surface area contributed by atoms with E-state index in [2.05, 4.69) is 32.6 Å². The molecule has 0 amide bonds. The van der Waals surface area contributed by atoms with Crippen molar-refractivity contribution >= 4 is 28.2 Å². The van der Waals surface area contributed by atoms with Crippen LogP contribution in [0, 0.1) is 5.82 Å². The molecule has 0 fully saturated rings. The molecule has 0 aliphatic carbocycles. The van der Waals surface area contributed by atoms with Gasteiger partial charge in [0.15, 0.2) is 4.34 Å². The van der Waals surface area contributed by atoms with Gasteiger partial charge in [0, 0.05) is 12.1 Å². The zero-order valence-electron chi connectivity index (χ0n) is 12.3. The number of rotatable bonds is 7. The second-order valence-corrected chi connectivity index (χ2v) is 6.81. The van der Waals surface area contributed by atoms with Gasteiger partial charge in [-0.1, -0.05) is 35.2 Å². The molecule has 0 aliphatic rings. The number of hydrogen-bond donors (Lipinski definition) is 1. The maximum absolute atomic E-state index is 12.9. The van der Waals surface area contributed by atoms with Crippen molar-refractivity contribution in [3.8, 4) is 11.4 Å². The number of nitrogens with one attached hydrogen (secondary N) is 1. The fourth-order valence-electron chi connectivity index (χ4n) is 1.72. The maximum atomic E-state index is 12.9. The van der Waals surface area contributed by atoms with Gasteiger partial charge in [0.1, 0.15) is 5.82 Å². The second-order valence-electron chi connectivity index (χ2n) is 4.61. The van der Waals surface area contributed by atoms with Crippen molar-refractivity contribution in [3.63, 3.8) is 0 Å². The molecule has 0 saturated heterocycles. The van der Waals surface area contributed by atoms with Crippen LogP contribution in [0.15, 0.2) is 33.1 Å². The Balaban J connectivity index is 1.58. The standard InChI is InChI=1S/C14H14FN5OS2/c1-2-7-16-13-18-19-14(23-13)22-8-11-17-12(20-21-11)9-3-5-10(15)6-4-9/h3-6H,2,7-8H2,1H3,(H,16,18).